The fourth-order valence-electron chi connectivity index (χ4n) is 2.38. The van der Waals surface area contributed by atoms with Crippen LogP contribution in [0.3, 0.4) is 0 Å². The van der Waals surface area contributed by atoms with Crippen LogP contribution in [0.2, 0.25) is 0 Å². The van der Waals surface area contributed by atoms with Crippen LogP contribution in [0.5, 0.6) is 11.5 Å². The van der Waals surface area contributed by atoms with Crippen molar-refractivity contribution in [2.75, 3.05) is 12.3 Å². The number of anilines is 1. The first kappa shape index (κ1) is 16.6. The van der Waals surface area contributed by atoms with Gasteiger partial charge in [0.25, 0.3) is 0 Å². The van der Waals surface area contributed by atoms with E-state index in [0.717, 1.165) is 11.1 Å². The van der Waals surface area contributed by atoms with Crippen molar-refractivity contribution in [3.8, 4) is 11.5 Å². The third-order valence-electron chi connectivity index (χ3n) is 3.55. The highest BCUT2D eigenvalue weighted by Crippen LogP contribution is 2.35. The van der Waals surface area contributed by atoms with Gasteiger partial charge in [0.1, 0.15) is 11.5 Å². The number of aryl methyl sites for hydroxylation is 2. The fraction of sp³-hybridized carbons (Fsp3) is 0.211. The molecule has 2 aromatic rings. The Morgan fingerprint density at radius 1 is 1.22 bits per heavy atom. The van der Waals surface area contributed by atoms with Gasteiger partial charge in [0.2, 0.25) is 0 Å². The summed E-state index contributed by atoms with van der Waals surface area (Å²) >= 11 is 0. The summed E-state index contributed by atoms with van der Waals surface area (Å²) in [5.41, 5.74) is 8.95. The van der Waals surface area contributed by atoms with Gasteiger partial charge in [0, 0.05) is 11.3 Å². The molecule has 2 rings (SSSR count). The van der Waals surface area contributed by atoms with E-state index in [1.807, 2.05) is 26.8 Å². The van der Waals surface area contributed by atoms with Gasteiger partial charge in [-0.2, -0.15) is 0 Å². The molecule has 0 radical (unpaired) electrons. The monoisotopic (exact) mass is 311 g/mol. The molecule has 0 saturated carbocycles. The van der Waals surface area contributed by atoms with Gasteiger partial charge >= 0.3 is 0 Å². The summed E-state index contributed by atoms with van der Waals surface area (Å²) < 4.78 is 5.62. The number of allylic oxidation sites excluding steroid dienone is 1. The van der Waals surface area contributed by atoms with Crippen LogP contribution in [0, 0.1) is 13.8 Å². The highest BCUT2D eigenvalue weighted by atomic mass is 16.5. The van der Waals surface area contributed by atoms with Gasteiger partial charge < -0.3 is 15.6 Å². The van der Waals surface area contributed by atoms with Crippen LogP contribution in [0.15, 0.2) is 36.4 Å². The Bertz CT molecular complexity index is 746. The molecule has 2 aromatic carbocycles. The van der Waals surface area contributed by atoms with Crippen LogP contribution in [-0.4, -0.2) is 17.5 Å². The zero-order chi connectivity index (χ0) is 17.0. The van der Waals surface area contributed by atoms with Crippen LogP contribution in [0.4, 0.5) is 5.69 Å². The van der Waals surface area contributed by atoms with E-state index in [4.69, 9.17) is 10.5 Å². The summed E-state index contributed by atoms with van der Waals surface area (Å²) in [6.07, 6.45) is 3.03. The van der Waals surface area contributed by atoms with E-state index in [9.17, 15) is 9.90 Å². The third kappa shape index (κ3) is 3.72. The predicted octanol–water partition coefficient (Wildman–Crippen LogP) is 3.89. The Balaban J connectivity index is 2.38. The second-order valence-electron chi connectivity index (χ2n) is 5.35. The number of phenolic OH excluding ortho intramolecular Hbond substituents is 1. The molecule has 120 valence electrons. The Morgan fingerprint density at radius 3 is 2.48 bits per heavy atom. The van der Waals surface area contributed by atoms with Crippen molar-refractivity contribution in [1.29, 1.82) is 0 Å². The first-order valence-corrected chi connectivity index (χ1v) is 7.48. The SMILES string of the molecule is CCOc1c(C)cc(C)c(O)c1/C=C/C(=O)c1ccc(N)cc1. The number of ketones is 1. The van der Waals surface area contributed by atoms with Crippen molar-refractivity contribution >= 4 is 17.5 Å². The fourth-order valence-corrected chi connectivity index (χ4v) is 2.38. The van der Waals surface area contributed by atoms with Crippen molar-refractivity contribution < 1.29 is 14.6 Å². The second kappa shape index (κ2) is 7.01. The van der Waals surface area contributed by atoms with Crippen molar-refractivity contribution in [3.63, 3.8) is 0 Å². The van der Waals surface area contributed by atoms with Crippen molar-refractivity contribution in [2.24, 2.45) is 0 Å². The van der Waals surface area contributed by atoms with E-state index < -0.39 is 0 Å². The number of aromatic hydroxyl groups is 1. The van der Waals surface area contributed by atoms with E-state index in [-0.39, 0.29) is 11.5 Å². The number of carbonyl (C=O) groups is 1. The number of hydrogen-bond acceptors (Lipinski definition) is 4. The highest BCUT2D eigenvalue weighted by molar-refractivity contribution is 6.07. The Labute approximate surface area is 136 Å². The number of phenols is 1. The number of rotatable bonds is 5. The van der Waals surface area contributed by atoms with E-state index in [0.29, 0.717) is 29.2 Å². The summed E-state index contributed by atoms with van der Waals surface area (Å²) in [5.74, 6) is 0.559. The molecule has 0 bridgehead atoms. The minimum atomic E-state index is -0.161. The number of carbonyl (C=O) groups excluding carboxylic acids is 1. The molecule has 0 atom stereocenters. The lowest BCUT2D eigenvalue weighted by Gasteiger charge is -2.14. The minimum Gasteiger partial charge on any atom is -0.507 e. The van der Waals surface area contributed by atoms with Crippen LogP contribution >= 0.6 is 0 Å². The Hall–Kier alpha value is -2.75. The van der Waals surface area contributed by atoms with Gasteiger partial charge in [-0.05, 0) is 74.4 Å². The quantitative estimate of drug-likeness (QED) is 0.499. The first-order chi connectivity index (χ1) is 10.9. The minimum absolute atomic E-state index is 0.125. The maximum absolute atomic E-state index is 12.2. The van der Waals surface area contributed by atoms with E-state index in [2.05, 4.69) is 0 Å². The highest BCUT2D eigenvalue weighted by Gasteiger charge is 2.13. The topological polar surface area (TPSA) is 72.5 Å². The van der Waals surface area contributed by atoms with Gasteiger partial charge in [0.05, 0.1) is 12.2 Å². The average Bonchev–Trinajstić information content (AvgIpc) is 2.52. The molecule has 0 spiro atoms. The van der Waals surface area contributed by atoms with Crippen LogP contribution in [0.25, 0.3) is 6.08 Å². The summed E-state index contributed by atoms with van der Waals surface area (Å²) in [4.78, 5) is 12.2. The molecule has 0 saturated heterocycles. The summed E-state index contributed by atoms with van der Waals surface area (Å²) in [6, 6.07) is 8.57. The molecule has 3 N–H and O–H groups in total. The molecular formula is C19H21NO3. The van der Waals surface area contributed by atoms with Crippen LogP contribution in [-0.2, 0) is 0 Å². The molecular weight excluding hydrogens is 290 g/mol. The molecule has 4 nitrogen and oxygen atoms in total. The van der Waals surface area contributed by atoms with Gasteiger partial charge in [-0.1, -0.05) is 0 Å². The maximum Gasteiger partial charge on any atom is 0.185 e. The molecule has 0 unspecified atom stereocenters. The molecule has 23 heavy (non-hydrogen) atoms. The Kier molecular flexibility index (Phi) is 5.06. The largest absolute Gasteiger partial charge is 0.507 e. The van der Waals surface area contributed by atoms with Crippen molar-refractivity contribution in [2.45, 2.75) is 20.8 Å². The standard InChI is InChI=1S/C19H21NO3/c1-4-23-19-13(3)11-12(2)18(22)16(19)9-10-17(21)14-5-7-15(20)8-6-14/h5-11,22H,4,20H2,1-3H3/b10-9+. The zero-order valence-electron chi connectivity index (χ0n) is 13.6. The first-order valence-electron chi connectivity index (χ1n) is 7.48. The van der Waals surface area contributed by atoms with Gasteiger partial charge in [0.15, 0.2) is 5.78 Å². The van der Waals surface area contributed by atoms with Gasteiger partial charge in [-0.25, -0.2) is 0 Å². The lowest BCUT2D eigenvalue weighted by Crippen LogP contribution is -1.99. The number of ether oxygens (including phenoxy) is 1. The zero-order valence-corrected chi connectivity index (χ0v) is 13.6. The Morgan fingerprint density at radius 2 is 1.87 bits per heavy atom. The normalized spacial score (nSPS) is 10.9. The van der Waals surface area contributed by atoms with Gasteiger partial charge in [-0.3, -0.25) is 4.79 Å². The summed E-state index contributed by atoms with van der Waals surface area (Å²) in [6.45, 7) is 6.09. The molecule has 0 heterocycles. The number of nitrogen functional groups attached to an aromatic ring is 1. The summed E-state index contributed by atoms with van der Waals surface area (Å²) in [5, 5.41) is 10.3. The van der Waals surface area contributed by atoms with Gasteiger partial charge in [-0.15, -0.1) is 0 Å². The lowest BCUT2D eigenvalue weighted by atomic mass is 10.0. The van der Waals surface area contributed by atoms with Crippen molar-refractivity contribution in [1.82, 2.24) is 0 Å². The maximum atomic E-state index is 12.2. The predicted molar refractivity (Wildman–Crippen MR) is 93.0 cm³/mol. The van der Waals surface area contributed by atoms with E-state index in [1.54, 1.807) is 30.3 Å². The number of nitrogens with two attached hydrogens (primary N) is 1. The molecule has 0 aliphatic carbocycles. The molecule has 0 aliphatic heterocycles. The molecule has 0 fully saturated rings. The third-order valence-corrected chi connectivity index (χ3v) is 3.55. The van der Waals surface area contributed by atoms with E-state index in [1.165, 1.54) is 6.08 Å². The molecule has 4 heteroatoms. The lowest BCUT2D eigenvalue weighted by molar-refractivity contribution is 0.104. The molecule has 0 aromatic heterocycles. The van der Waals surface area contributed by atoms with Crippen LogP contribution < -0.4 is 10.5 Å². The molecule has 0 amide bonds. The summed E-state index contributed by atoms with van der Waals surface area (Å²) in [7, 11) is 0. The van der Waals surface area contributed by atoms with E-state index >= 15 is 0 Å². The van der Waals surface area contributed by atoms with Crippen molar-refractivity contribution in [3.05, 3.63) is 58.7 Å². The number of hydrogen-bond donors (Lipinski definition) is 2. The average molecular weight is 311 g/mol. The number of benzene rings is 2. The van der Waals surface area contributed by atoms with Crippen LogP contribution in [0.1, 0.15) is 34.0 Å². The smallest absolute Gasteiger partial charge is 0.185 e. The second-order valence-corrected chi connectivity index (χ2v) is 5.35. The molecule has 0 aliphatic rings.